The van der Waals surface area contributed by atoms with Gasteiger partial charge in [0, 0.05) is 54.4 Å². The molecule has 0 saturated carbocycles. The number of carbonyl (C=O) groups excluding carboxylic acids is 5. The number of H-pyrrole nitrogens is 1. The van der Waals surface area contributed by atoms with Crippen molar-refractivity contribution < 1.29 is 38.2 Å². The third-order valence-corrected chi connectivity index (χ3v) is 10.1. The van der Waals surface area contributed by atoms with Gasteiger partial charge in [-0.3, -0.25) is 19.2 Å². The number of halogens is 1. The minimum absolute atomic E-state index is 0.00404. The van der Waals surface area contributed by atoms with Gasteiger partial charge in [0.25, 0.3) is 5.91 Å². The van der Waals surface area contributed by atoms with Crippen molar-refractivity contribution in [3.05, 3.63) is 88.7 Å². The zero-order valence-corrected chi connectivity index (χ0v) is 32.8. The van der Waals surface area contributed by atoms with Crippen molar-refractivity contribution in [2.24, 2.45) is 11.1 Å². The second-order valence-corrected chi connectivity index (χ2v) is 15.1. The highest BCUT2D eigenvalue weighted by Crippen LogP contribution is 2.35. The standard InChI is InChI=1S/C42H52FN7O7/c1-25(46-40(55)42(2,3)17-20-51)37(52)49-33(7-5-6-18-44)39(54)47-30-14-10-27(11-15-30)24-57-41(56)50(4)23-26-8-12-28(13-9-26)36-31-16-19-45-38(53)32-21-29(43)22-34(48-36)35(31)32/h8-15,21-22,25,33,48,51H,5-7,16-20,23-24,44H2,1-4H3,(H,45,53)(H,46,55)(H,47,54)(H,49,52)/t25-,33-/m1/s1. The van der Waals surface area contributed by atoms with E-state index in [4.69, 9.17) is 10.5 Å². The van der Waals surface area contributed by atoms with Gasteiger partial charge in [0.05, 0.1) is 5.56 Å². The number of hydrogen-bond donors (Lipinski definition) is 7. The molecule has 5 amide bonds. The Hall–Kier alpha value is -5.80. The first kappa shape index (κ1) is 42.3. The third kappa shape index (κ3) is 10.7. The number of amides is 5. The second-order valence-electron chi connectivity index (χ2n) is 15.1. The Bertz CT molecular complexity index is 2080. The topological polar surface area (TPSA) is 208 Å². The van der Waals surface area contributed by atoms with Crippen LogP contribution < -0.4 is 27.0 Å². The number of carbonyl (C=O) groups is 5. The molecule has 14 nitrogen and oxygen atoms in total. The Morgan fingerprint density at radius 3 is 2.39 bits per heavy atom. The molecule has 8 N–H and O–H groups in total. The van der Waals surface area contributed by atoms with Crippen LogP contribution in [0.2, 0.25) is 0 Å². The number of nitrogens with zero attached hydrogens (tertiary/aromatic N) is 1. The maximum Gasteiger partial charge on any atom is 0.410 e. The molecule has 3 aromatic carbocycles. The number of aromatic amines is 1. The van der Waals surface area contributed by atoms with Gasteiger partial charge in [0.1, 0.15) is 24.5 Å². The van der Waals surface area contributed by atoms with Gasteiger partial charge in [0.15, 0.2) is 0 Å². The monoisotopic (exact) mass is 785 g/mol. The van der Waals surface area contributed by atoms with E-state index < -0.39 is 41.2 Å². The molecule has 1 aliphatic rings. The van der Waals surface area contributed by atoms with Gasteiger partial charge in [-0.15, -0.1) is 0 Å². The first-order valence-electron chi connectivity index (χ1n) is 19.1. The molecular formula is C42H52FN7O7. The summed E-state index contributed by atoms with van der Waals surface area (Å²) in [7, 11) is 1.63. The summed E-state index contributed by atoms with van der Waals surface area (Å²) in [4.78, 5) is 69.1. The number of hydrogen-bond acceptors (Lipinski definition) is 8. The van der Waals surface area contributed by atoms with Crippen LogP contribution >= 0.6 is 0 Å². The largest absolute Gasteiger partial charge is 0.445 e. The normalized spacial score (nSPS) is 13.6. The highest BCUT2D eigenvalue weighted by atomic mass is 19.1. The second kappa shape index (κ2) is 18.9. The fraction of sp³-hybridized carbons (Fsp3) is 0.405. The summed E-state index contributed by atoms with van der Waals surface area (Å²) < 4.78 is 19.8. The molecule has 4 aromatic rings. The number of rotatable bonds is 17. The van der Waals surface area contributed by atoms with E-state index >= 15 is 0 Å². The number of nitrogens with two attached hydrogens (primary N) is 1. The van der Waals surface area contributed by atoms with Crippen LogP contribution in [-0.2, 0) is 38.7 Å². The molecule has 0 aliphatic carbocycles. The first-order chi connectivity index (χ1) is 27.2. The van der Waals surface area contributed by atoms with E-state index in [1.807, 2.05) is 24.3 Å². The zero-order valence-electron chi connectivity index (χ0n) is 32.8. The summed E-state index contributed by atoms with van der Waals surface area (Å²) in [6, 6.07) is 15.3. The Morgan fingerprint density at radius 1 is 1.00 bits per heavy atom. The molecular weight excluding hydrogens is 734 g/mol. The molecule has 0 bridgehead atoms. The van der Waals surface area contributed by atoms with Gasteiger partial charge < -0.3 is 46.7 Å². The van der Waals surface area contributed by atoms with Crippen molar-refractivity contribution in [2.75, 3.05) is 32.1 Å². The molecule has 0 unspecified atom stereocenters. The summed E-state index contributed by atoms with van der Waals surface area (Å²) in [6.07, 6.45) is 1.90. The number of aliphatic hydroxyl groups excluding tert-OH is 1. The number of ether oxygens (including phenoxy) is 1. The molecule has 57 heavy (non-hydrogen) atoms. The molecule has 1 aromatic heterocycles. The van der Waals surface area contributed by atoms with Gasteiger partial charge in [-0.25, -0.2) is 9.18 Å². The predicted molar refractivity (Wildman–Crippen MR) is 214 cm³/mol. The van der Waals surface area contributed by atoms with Crippen LogP contribution in [0.1, 0.15) is 73.5 Å². The van der Waals surface area contributed by atoms with E-state index in [0.717, 1.165) is 27.8 Å². The van der Waals surface area contributed by atoms with Crippen LogP contribution in [0.15, 0.2) is 60.7 Å². The smallest absolute Gasteiger partial charge is 0.410 e. The van der Waals surface area contributed by atoms with Crippen molar-refractivity contribution in [3.8, 4) is 11.3 Å². The van der Waals surface area contributed by atoms with Crippen LogP contribution in [-0.4, -0.2) is 83.5 Å². The van der Waals surface area contributed by atoms with Crippen molar-refractivity contribution in [1.82, 2.24) is 25.8 Å². The van der Waals surface area contributed by atoms with Crippen LogP contribution in [0, 0.1) is 11.2 Å². The van der Waals surface area contributed by atoms with Gasteiger partial charge >= 0.3 is 6.09 Å². The molecule has 0 saturated heterocycles. The minimum Gasteiger partial charge on any atom is -0.445 e. The molecule has 2 atom stereocenters. The lowest BCUT2D eigenvalue weighted by Gasteiger charge is -2.26. The Kier molecular flexibility index (Phi) is 14.0. The van der Waals surface area contributed by atoms with E-state index in [0.29, 0.717) is 61.1 Å². The average Bonchev–Trinajstić information content (AvgIpc) is 3.45. The van der Waals surface area contributed by atoms with E-state index in [1.54, 1.807) is 45.2 Å². The fourth-order valence-electron chi connectivity index (χ4n) is 6.63. The fourth-order valence-corrected chi connectivity index (χ4v) is 6.63. The van der Waals surface area contributed by atoms with E-state index in [1.165, 1.54) is 24.0 Å². The van der Waals surface area contributed by atoms with Crippen LogP contribution in [0.25, 0.3) is 22.2 Å². The number of unbranched alkanes of at least 4 members (excludes halogenated alkanes) is 1. The lowest BCUT2D eigenvalue weighted by Crippen LogP contribution is -2.53. The van der Waals surface area contributed by atoms with Gasteiger partial charge in [0.2, 0.25) is 17.7 Å². The van der Waals surface area contributed by atoms with E-state index in [-0.39, 0.29) is 38.0 Å². The number of aromatic nitrogens is 1. The Labute approximate surface area is 331 Å². The zero-order chi connectivity index (χ0) is 41.3. The quantitative estimate of drug-likeness (QED) is 0.0758. The van der Waals surface area contributed by atoms with Gasteiger partial charge in [-0.1, -0.05) is 50.2 Å². The Balaban J connectivity index is 1.13. The molecule has 304 valence electrons. The predicted octanol–water partition coefficient (Wildman–Crippen LogP) is 4.49. The van der Waals surface area contributed by atoms with Crippen LogP contribution in [0.4, 0.5) is 14.9 Å². The lowest BCUT2D eigenvalue weighted by atomic mass is 9.88. The van der Waals surface area contributed by atoms with Crippen LogP contribution in [0.5, 0.6) is 0 Å². The number of aliphatic hydroxyl groups is 1. The molecule has 1 aliphatic heterocycles. The summed E-state index contributed by atoms with van der Waals surface area (Å²) in [6.45, 7) is 5.88. The minimum atomic E-state index is -0.912. The maximum absolute atomic E-state index is 14.3. The highest BCUT2D eigenvalue weighted by molar-refractivity contribution is 6.10. The van der Waals surface area contributed by atoms with Crippen molar-refractivity contribution in [1.29, 1.82) is 0 Å². The third-order valence-electron chi connectivity index (χ3n) is 10.1. The molecule has 5 rings (SSSR count). The number of benzene rings is 3. The maximum atomic E-state index is 14.3. The molecule has 2 heterocycles. The lowest BCUT2D eigenvalue weighted by molar-refractivity contribution is -0.135. The van der Waals surface area contributed by atoms with E-state index in [9.17, 15) is 33.5 Å². The molecule has 0 radical (unpaired) electrons. The molecule has 15 heteroatoms. The van der Waals surface area contributed by atoms with Gasteiger partial charge in [-0.2, -0.15) is 0 Å². The average molecular weight is 786 g/mol. The van der Waals surface area contributed by atoms with Crippen molar-refractivity contribution >= 4 is 46.3 Å². The molecule has 0 fully saturated rings. The van der Waals surface area contributed by atoms with Crippen molar-refractivity contribution in [3.63, 3.8) is 0 Å². The number of anilines is 1. The summed E-state index contributed by atoms with van der Waals surface area (Å²) in [5, 5.41) is 21.0. The number of nitrogens with one attached hydrogen (secondary N) is 5. The van der Waals surface area contributed by atoms with Gasteiger partial charge in [-0.05, 0) is 92.1 Å². The summed E-state index contributed by atoms with van der Waals surface area (Å²) in [5.74, 6) is -2.12. The van der Waals surface area contributed by atoms with Crippen LogP contribution in [0.3, 0.4) is 0 Å². The highest BCUT2D eigenvalue weighted by Gasteiger charge is 2.31. The SMILES string of the molecule is C[C@@H](NC(=O)C(C)(C)CCO)C(=O)N[C@H](CCCCN)C(=O)Nc1ccc(COC(=O)N(C)Cc2ccc(-c3[nH]c4cc(F)cc5c4c3CCNC5=O)cc2)cc1. The van der Waals surface area contributed by atoms with E-state index in [2.05, 4.69) is 26.3 Å². The Morgan fingerprint density at radius 2 is 1.70 bits per heavy atom. The van der Waals surface area contributed by atoms with Crippen molar-refractivity contribution in [2.45, 2.75) is 78.1 Å². The summed E-state index contributed by atoms with van der Waals surface area (Å²) >= 11 is 0. The molecule has 0 spiro atoms. The summed E-state index contributed by atoms with van der Waals surface area (Å²) in [5.41, 5.74) is 10.3. The first-order valence-corrected chi connectivity index (χ1v) is 19.1.